The SMILES string of the molecule is Cc1cccc(/C=C(/C(=O)O[C@H](C(=O)NC2CC2)c2ccccc2)c2cccs2)c1. The Morgan fingerprint density at radius 1 is 1.07 bits per heavy atom. The minimum Gasteiger partial charge on any atom is -0.444 e. The van der Waals surface area contributed by atoms with Crippen molar-refractivity contribution in [3.8, 4) is 0 Å². The van der Waals surface area contributed by atoms with Gasteiger partial charge in [0.15, 0.2) is 0 Å². The number of amides is 1. The highest BCUT2D eigenvalue weighted by Crippen LogP contribution is 2.29. The van der Waals surface area contributed by atoms with E-state index < -0.39 is 12.1 Å². The monoisotopic (exact) mass is 417 g/mol. The Morgan fingerprint density at radius 2 is 1.87 bits per heavy atom. The van der Waals surface area contributed by atoms with E-state index in [0.29, 0.717) is 11.1 Å². The second-order valence-electron chi connectivity index (χ2n) is 7.43. The van der Waals surface area contributed by atoms with Crippen LogP contribution in [0.1, 0.15) is 40.5 Å². The minimum atomic E-state index is -0.986. The number of aryl methyl sites for hydroxylation is 1. The Hall–Kier alpha value is -3.18. The van der Waals surface area contributed by atoms with Crippen LogP contribution in [-0.4, -0.2) is 17.9 Å². The summed E-state index contributed by atoms with van der Waals surface area (Å²) in [4.78, 5) is 26.9. The van der Waals surface area contributed by atoms with Gasteiger partial charge in [-0.05, 0) is 42.9 Å². The number of carbonyl (C=O) groups is 2. The van der Waals surface area contributed by atoms with Crippen molar-refractivity contribution in [2.24, 2.45) is 0 Å². The van der Waals surface area contributed by atoms with Gasteiger partial charge in [0.05, 0.1) is 5.57 Å². The first-order chi connectivity index (χ1) is 14.6. The van der Waals surface area contributed by atoms with E-state index in [0.717, 1.165) is 28.8 Å². The summed E-state index contributed by atoms with van der Waals surface area (Å²) in [5.41, 5.74) is 3.11. The molecule has 0 aliphatic heterocycles. The van der Waals surface area contributed by atoms with Crippen LogP contribution in [0.15, 0.2) is 72.1 Å². The Labute approximate surface area is 180 Å². The largest absolute Gasteiger partial charge is 0.444 e. The van der Waals surface area contributed by atoms with Crippen LogP contribution in [0.4, 0.5) is 0 Å². The maximum Gasteiger partial charge on any atom is 0.340 e. The van der Waals surface area contributed by atoms with Crippen LogP contribution in [0.2, 0.25) is 0 Å². The van der Waals surface area contributed by atoms with Crippen LogP contribution < -0.4 is 5.32 Å². The van der Waals surface area contributed by atoms with Crippen molar-refractivity contribution < 1.29 is 14.3 Å². The Balaban J connectivity index is 1.64. The van der Waals surface area contributed by atoms with E-state index in [1.165, 1.54) is 11.3 Å². The number of benzene rings is 2. The van der Waals surface area contributed by atoms with Crippen LogP contribution in [0.5, 0.6) is 0 Å². The summed E-state index contributed by atoms with van der Waals surface area (Å²) in [5.74, 6) is -0.795. The smallest absolute Gasteiger partial charge is 0.340 e. The van der Waals surface area contributed by atoms with Crippen LogP contribution in [-0.2, 0) is 14.3 Å². The summed E-state index contributed by atoms with van der Waals surface area (Å²) in [6.07, 6.45) is 2.77. The normalized spacial score (nSPS) is 14.8. The number of carbonyl (C=O) groups excluding carboxylic acids is 2. The maximum absolute atomic E-state index is 13.3. The van der Waals surface area contributed by atoms with Gasteiger partial charge < -0.3 is 10.1 Å². The van der Waals surface area contributed by atoms with Gasteiger partial charge in [-0.25, -0.2) is 4.79 Å². The lowest BCUT2D eigenvalue weighted by Crippen LogP contribution is -2.33. The number of thiophene rings is 1. The third-order valence-corrected chi connectivity index (χ3v) is 5.75. The summed E-state index contributed by atoms with van der Waals surface area (Å²) in [6.45, 7) is 2.01. The van der Waals surface area contributed by atoms with Gasteiger partial charge in [-0.1, -0.05) is 66.2 Å². The Bertz CT molecular complexity index is 1050. The molecule has 152 valence electrons. The third-order valence-electron chi connectivity index (χ3n) is 4.85. The fourth-order valence-electron chi connectivity index (χ4n) is 3.16. The minimum absolute atomic E-state index is 0.182. The zero-order valence-electron chi connectivity index (χ0n) is 16.7. The molecule has 1 atom stereocenters. The quantitative estimate of drug-likeness (QED) is 0.427. The molecule has 1 aliphatic carbocycles. The van der Waals surface area contributed by atoms with E-state index in [9.17, 15) is 9.59 Å². The molecule has 5 heteroatoms. The van der Waals surface area contributed by atoms with E-state index in [-0.39, 0.29) is 11.9 Å². The molecule has 2 aromatic carbocycles. The van der Waals surface area contributed by atoms with Gasteiger partial charge in [0.2, 0.25) is 6.10 Å². The van der Waals surface area contributed by atoms with Gasteiger partial charge in [-0.15, -0.1) is 11.3 Å². The fraction of sp³-hybridized carbons (Fsp3) is 0.200. The van der Waals surface area contributed by atoms with Gasteiger partial charge >= 0.3 is 5.97 Å². The first kappa shape index (κ1) is 20.1. The molecule has 1 N–H and O–H groups in total. The average molecular weight is 418 g/mol. The Morgan fingerprint density at radius 3 is 2.53 bits per heavy atom. The van der Waals surface area contributed by atoms with E-state index in [2.05, 4.69) is 5.32 Å². The molecule has 30 heavy (non-hydrogen) atoms. The fourth-order valence-corrected chi connectivity index (χ4v) is 3.89. The van der Waals surface area contributed by atoms with Crippen molar-refractivity contribution in [2.45, 2.75) is 31.9 Å². The van der Waals surface area contributed by atoms with Gasteiger partial charge in [0.1, 0.15) is 0 Å². The summed E-state index contributed by atoms with van der Waals surface area (Å²) in [7, 11) is 0. The maximum atomic E-state index is 13.3. The topological polar surface area (TPSA) is 55.4 Å². The molecule has 1 saturated carbocycles. The third kappa shape index (κ3) is 5.05. The zero-order valence-corrected chi connectivity index (χ0v) is 17.5. The lowest BCUT2D eigenvalue weighted by atomic mass is 10.1. The van der Waals surface area contributed by atoms with Crippen LogP contribution in [0.25, 0.3) is 11.6 Å². The molecule has 3 aromatic rings. The van der Waals surface area contributed by atoms with Crippen LogP contribution in [0.3, 0.4) is 0 Å². The highest BCUT2D eigenvalue weighted by atomic mass is 32.1. The molecule has 1 fully saturated rings. The highest BCUT2D eigenvalue weighted by molar-refractivity contribution is 7.11. The first-order valence-corrected chi connectivity index (χ1v) is 10.9. The molecule has 4 nitrogen and oxygen atoms in total. The van der Waals surface area contributed by atoms with E-state index in [1.54, 1.807) is 12.1 Å². The molecular formula is C25H23NO3S. The second-order valence-corrected chi connectivity index (χ2v) is 8.38. The lowest BCUT2D eigenvalue weighted by molar-refractivity contribution is -0.151. The van der Waals surface area contributed by atoms with Gasteiger partial charge in [0.25, 0.3) is 5.91 Å². The van der Waals surface area contributed by atoms with Crippen molar-refractivity contribution in [1.29, 1.82) is 0 Å². The molecule has 1 aromatic heterocycles. The number of esters is 1. The molecular weight excluding hydrogens is 394 g/mol. The molecule has 1 amide bonds. The molecule has 0 unspecified atom stereocenters. The summed E-state index contributed by atoms with van der Waals surface area (Å²) in [5, 5.41) is 4.87. The predicted octanol–water partition coefficient (Wildman–Crippen LogP) is 5.16. The molecule has 0 bridgehead atoms. The number of ether oxygens (including phenoxy) is 1. The van der Waals surface area contributed by atoms with Crippen molar-refractivity contribution in [3.05, 3.63) is 93.7 Å². The summed E-state index contributed by atoms with van der Waals surface area (Å²) >= 11 is 1.47. The van der Waals surface area contributed by atoms with Gasteiger partial charge in [-0.2, -0.15) is 0 Å². The van der Waals surface area contributed by atoms with Crippen molar-refractivity contribution in [1.82, 2.24) is 5.32 Å². The van der Waals surface area contributed by atoms with Gasteiger partial charge in [0, 0.05) is 16.5 Å². The molecule has 4 rings (SSSR count). The average Bonchev–Trinajstić information content (AvgIpc) is 3.39. The van der Waals surface area contributed by atoms with E-state index >= 15 is 0 Å². The zero-order chi connectivity index (χ0) is 20.9. The summed E-state index contributed by atoms with van der Waals surface area (Å²) < 4.78 is 5.80. The molecule has 0 spiro atoms. The van der Waals surface area contributed by atoms with Crippen molar-refractivity contribution in [2.75, 3.05) is 0 Å². The second kappa shape index (κ2) is 9.09. The number of hydrogen-bond donors (Lipinski definition) is 1. The first-order valence-electron chi connectivity index (χ1n) is 9.99. The van der Waals surface area contributed by atoms with Crippen molar-refractivity contribution >= 4 is 34.9 Å². The number of hydrogen-bond acceptors (Lipinski definition) is 4. The number of rotatable bonds is 7. The van der Waals surface area contributed by atoms with E-state index in [1.807, 2.05) is 73.0 Å². The molecule has 0 radical (unpaired) electrons. The van der Waals surface area contributed by atoms with Crippen LogP contribution in [0, 0.1) is 6.92 Å². The van der Waals surface area contributed by atoms with Gasteiger partial charge in [-0.3, -0.25) is 4.79 Å². The standard InChI is InChI=1S/C25H23NO3S/c1-17-7-5-8-18(15-17)16-21(22-11-6-14-30-22)25(28)29-23(19-9-3-2-4-10-19)24(27)26-20-12-13-20/h2-11,14-16,20,23H,12-13H2,1H3,(H,26,27)/b21-16+/t23-/m0/s1. The van der Waals surface area contributed by atoms with Crippen molar-refractivity contribution in [3.63, 3.8) is 0 Å². The predicted molar refractivity (Wildman–Crippen MR) is 120 cm³/mol. The molecule has 1 heterocycles. The highest BCUT2D eigenvalue weighted by Gasteiger charge is 2.31. The summed E-state index contributed by atoms with van der Waals surface area (Å²) in [6, 6.07) is 21.0. The number of nitrogens with one attached hydrogen (secondary N) is 1. The van der Waals surface area contributed by atoms with E-state index in [4.69, 9.17) is 4.74 Å². The van der Waals surface area contributed by atoms with Crippen LogP contribution >= 0.6 is 11.3 Å². The lowest BCUT2D eigenvalue weighted by Gasteiger charge is -2.19. The molecule has 0 saturated heterocycles. The Kier molecular flexibility index (Phi) is 6.10. The molecule has 1 aliphatic rings.